The maximum Gasteiger partial charge on any atom is 0.407 e. The summed E-state index contributed by atoms with van der Waals surface area (Å²) in [5.41, 5.74) is 11.1. The molecule has 0 spiro atoms. The van der Waals surface area contributed by atoms with Gasteiger partial charge in [-0.05, 0) is 41.7 Å². The lowest BCUT2D eigenvalue weighted by molar-refractivity contribution is -0.117. The molecule has 3 aromatic heterocycles. The van der Waals surface area contributed by atoms with E-state index in [1.54, 1.807) is 13.1 Å². The lowest BCUT2D eigenvalue weighted by atomic mass is 10.1. The van der Waals surface area contributed by atoms with Crippen LogP contribution in [0.5, 0.6) is 0 Å². The predicted octanol–water partition coefficient (Wildman–Crippen LogP) is 4.26. The van der Waals surface area contributed by atoms with Crippen LogP contribution in [0.4, 0.5) is 10.6 Å². The molecular formula is C28H27N7O3S. The quantitative estimate of drug-likeness (QED) is 0.187. The monoisotopic (exact) mass is 541 g/mol. The first-order valence-corrected chi connectivity index (χ1v) is 13.1. The smallest absolute Gasteiger partial charge is 0.407 e. The van der Waals surface area contributed by atoms with Gasteiger partial charge in [-0.25, -0.2) is 19.1 Å². The summed E-state index contributed by atoms with van der Waals surface area (Å²) in [7, 11) is 0. The van der Waals surface area contributed by atoms with Crippen molar-refractivity contribution in [3.63, 3.8) is 0 Å². The number of nitrogens with two attached hydrogens (primary N) is 1. The second kappa shape index (κ2) is 11.3. The zero-order valence-corrected chi connectivity index (χ0v) is 22.1. The van der Waals surface area contributed by atoms with Crippen molar-refractivity contribution in [2.24, 2.45) is 0 Å². The van der Waals surface area contributed by atoms with E-state index in [0.29, 0.717) is 30.0 Å². The molecule has 0 atom stereocenters. The SMILES string of the molecule is C=C(C)C(=O)NCCOC(=O)NCc1ccc(Cn2c(-c3ccns3)nc3c(N)nc4ccccc4c32)cc1. The van der Waals surface area contributed by atoms with Crippen LogP contribution >= 0.6 is 11.5 Å². The molecule has 0 radical (unpaired) electrons. The van der Waals surface area contributed by atoms with Gasteiger partial charge in [-0.2, -0.15) is 0 Å². The average molecular weight is 542 g/mol. The van der Waals surface area contributed by atoms with Crippen LogP contribution in [-0.4, -0.2) is 44.1 Å². The number of pyridine rings is 1. The third-order valence-electron chi connectivity index (χ3n) is 6.08. The van der Waals surface area contributed by atoms with Crippen LogP contribution in [-0.2, 0) is 22.6 Å². The summed E-state index contributed by atoms with van der Waals surface area (Å²) in [5, 5.41) is 6.30. The van der Waals surface area contributed by atoms with E-state index in [4.69, 9.17) is 15.5 Å². The van der Waals surface area contributed by atoms with Crippen molar-refractivity contribution >= 4 is 51.3 Å². The molecule has 198 valence electrons. The van der Waals surface area contributed by atoms with E-state index in [2.05, 4.69) is 31.1 Å². The molecule has 0 unspecified atom stereocenters. The van der Waals surface area contributed by atoms with E-state index in [1.165, 1.54) is 11.5 Å². The first-order chi connectivity index (χ1) is 18.9. The van der Waals surface area contributed by atoms with Crippen molar-refractivity contribution < 1.29 is 14.3 Å². The zero-order chi connectivity index (χ0) is 27.4. The highest BCUT2D eigenvalue weighted by atomic mass is 32.1. The molecule has 2 amide bonds. The number of aromatic nitrogens is 4. The Morgan fingerprint density at radius 3 is 2.56 bits per heavy atom. The van der Waals surface area contributed by atoms with Crippen LogP contribution < -0.4 is 16.4 Å². The molecule has 0 saturated carbocycles. The summed E-state index contributed by atoms with van der Waals surface area (Å²) in [6.07, 6.45) is 1.20. The van der Waals surface area contributed by atoms with Gasteiger partial charge < -0.3 is 25.7 Å². The van der Waals surface area contributed by atoms with Crippen LogP contribution in [0.3, 0.4) is 0 Å². The molecule has 11 heteroatoms. The molecule has 0 bridgehead atoms. The lowest BCUT2D eigenvalue weighted by Gasteiger charge is -2.11. The number of alkyl carbamates (subject to hydrolysis) is 1. The minimum absolute atomic E-state index is 0.0689. The fourth-order valence-electron chi connectivity index (χ4n) is 4.16. The summed E-state index contributed by atoms with van der Waals surface area (Å²) in [4.78, 5) is 33.8. The summed E-state index contributed by atoms with van der Waals surface area (Å²) >= 11 is 1.38. The Morgan fingerprint density at radius 1 is 1.05 bits per heavy atom. The number of nitrogen functional groups attached to an aromatic ring is 1. The molecule has 0 fully saturated rings. The van der Waals surface area contributed by atoms with Crippen molar-refractivity contribution in [3.8, 4) is 10.7 Å². The number of imidazole rings is 1. The summed E-state index contributed by atoms with van der Waals surface area (Å²) < 4.78 is 11.5. The maximum absolute atomic E-state index is 12.0. The number of hydrogen-bond donors (Lipinski definition) is 3. The Bertz CT molecular complexity index is 1660. The second-order valence-corrected chi connectivity index (χ2v) is 9.79. The molecule has 3 heterocycles. The van der Waals surface area contributed by atoms with Gasteiger partial charge in [0.2, 0.25) is 5.91 Å². The number of hydrogen-bond acceptors (Lipinski definition) is 8. The normalized spacial score (nSPS) is 11.0. The molecular weight excluding hydrogens is 514 g/mol. The highest BCUT2D eigenvalue weighted by Crippen LogP contribution is 2.34. The first kappa shape index (κ1) is 25.9. The number of benzene rings is 2. The van der Waals surface area contributed by atoms with Gasteiger partial charge in [0.05, 0.1) is 22.5 Å². The van der Waals surface area contributed by atoms with E-state index >= 15 is 0 Å². The highest BCUT2D eigenvalue weighted by molar-refractivity contribution is 7.09. The number of anilines is 1. The largest absolute Gasteiger partial charge is 0.448 e. The first-order valence-electron chi connectivity index (χ1n) is 12.3. The molecule has 0 saturated heterocycles. The minimum Gasteiger partial charge on any atom is -0.448 e. The number of nitrogens with zero attached hydrogens (tertiary/aromatic N) is 4. The van der Waals surface area contributed by atoms with Crippen molar-refractivity contribution in [1.82, 2.24) is 29.5 Å². The van der Waals surface area contributed by atoms with Gasteiger partial charge >= 0.3 is 6.09 Å². The Morgan fingerprint density at radius 2 is 1.82 bits per heavy atom. The fourth-order valence-corrected chi connectivity index (χ4v) is 4.76. The van der Waals surface area contributed by atoms with Crippen LogP contribution in [0, 0.1) is 0 Å². The van der Waals surface area contributed by atoms with Gasteiger partial charge in [-0.1, -0.05) is 49.0 Å². The molecule has 0 aliphatic heterocycles. The van der Waals surface area contributed by atoms with E-state index in [0.717, 1.165) is 38.2 Å². The van der Waals surface area contributed by atoms with E-state index < -0.39 is 6.09 Å². The lowest BCUT2D eigenvalue weighted by Crippen LogP contribution is -2.31. The maximum atomic E-state index is 12.0. The second-order valence-electron chi connectivity index (χ2n) is 8.95. The summed E-state index contributed by atoms with van der Waals surface area (Å²) in [6.45, 7) is 6.33. The average Bonchev–Trinajstić information content (AvgIpc) is 3.59. The number of para-hydroxylation sites is 1. The summed E-state index contributed by atoms with van der Waals surface area (Å²) in [6, 6.07) is 17.8. The van der Waals surface area contributed by atoms with E-state index in [1.807, 2.05) is 54.6 Å². The molecule has 2 aromatic carbocycles. The van der Waals surface area contributed by atoms with Crippen LogP contribution in [0.15, 0.2) is 72.9 Å². The molecule has 5 rings (SSSR count). The van der Waals surface area contributed by atoms with Crippen molar-refractivity contribution in [3.05, 3.63) is 84.1 Å². The Kier molecular flexibility index (Phi) is 7.50. The van der Waals surface area contributed by atoms with Crippen molar-refractivity contribution in [1.29, 1.82) is 0 Å². The third kappa shape index (κ3) is 5.73. The number of fused-ring (bicyclic) bond motifs is 3. The molecule has 0 aliphatic rings. The van der Waals surface area contributed by atoms with Gasteiger partial charge in [0, 0.05) is 30.2 Å². The number of carbonyl (C=O) groups is 2. The Labute approximate surface area is 228 Å². The number of carbonyl (C=O) groups excluding carboxylic acids is 2. The molecule has 0 aliphatic carbocycles. The van der Waals surface area contributed by atoms with Crippen LogP contribution in [0.25, 0.3) is 32.6 Å². The number of amides is 2. The van der Waals surface area contributed by atoms with Gasteiger partial charge in [0.15, 0.2) is 11.6 Å². The molecule has 39 heavy (non-hydrogen) atoms. The van der Waals surface area contributed by atoms with Gasteiger partial charge in [-0.15, -0.1) is 0 Å². The minimum atomic E-state index is -0.555. The predicted molar refractivity (Wildman–Crippen MR) is 152 cm³/mol. The number of nitrogens with one attached hydrogen (secondary N) is 2. The Balaban J connectivity index is 1.31. The topological polar surface area (TPSA) is 137 Å². The summed E-state index contributed by atoms with van der Waals surface area (Å²) in [5.74, 6) is 0.903. The van der Waals surface area contributed by atoms with E-state index in [-0.39, 0.29) is 19.1 Å². The molecule has 10 nitrogen and oxygen atoms in total. The van der Waals surface area contributed by atoms with Gasteiger partial charge in [0.25, 0.3) is 0 Å². The van der Waals surface area contributed by atoms with Crippen LogP contribution in [0.2, 0.25) is 0 Å². The fraction of sp³-hybridized carbons (Fsp3) is 0.179. The van der Waals surface area contributed by atoms with Gasteiger partial charge in [-0.3, -0.25) is 4.79 Å². The van der Waals surface area contributed by atoms with Gasteiger partial charge in [0.1, 0.15) is 12.1 Å². The molecule has 5 aromatic rings. The van der Waals surface area contributed by atoms with Crippen LogP contribution in [0.1, 0.15) is 18.1 Å². The van der Waals surface area contributed by atoms with Crippen molar-refractivity contribution in [2.45, 2.75) is 20.0 Å². The van der Waals surface area contributed by atoms with Crippen molar-refractivity contribution in [2.75, 3.05) is 18.9 Å². The highest BCUT2D eigenvalue weighted by Gasteiger charge is 2.19. The number of rotatable bonds is 9. The standard InChI is InChI=1S/C28H27N7O3S/c1-17(2)27(36)30-13-14-38-28(37)31-15-18-7-9-19(10-8-18)16-35-24-20-5-3-4-6-21(20)33-25(29)23(24)34-26(35)22-11-12-32-39-22/h3-12H,1,13-16H2,2H3,(H2,29,33)(H,30,36)(H,31,37). The third-order valence-corrected chi connectivity index (χ3v) is 6.82. The zero-order valence-electron chi connectivity index (χ0n) is 21.3. The molecule has 4 N–H and O–H groups in total. The van der Waals surface area contributed by atoms with E-state index in [9.17, 15) is 9.59 Å². The number of ether oxygens (including phenoxy) is 1. The Hall–Kier alpha value is -4.77.